The van der Waals surface area contributed by atoms with Crippen LogP contribution in [0.15, 0.2) is 54.7 Å². The number of ether oxygens (including phenoxy) is 1. The van der Waals surface area contributed by atoms with Crippen molar-refractivity contribution in [1.82, 2.24) is 4.98 Å². The number of nitrogens with zero attached hydrogens (tertiary/aromatic N) is 2. The highest BCUT2D eigenvalue weighted by atomic mass is 19.4. The van der Waals surface area contributed by atoms with Gasteiger partial charge in [0.1, 0.15) is 5.82 Å². The summed E-state index contributed by atoms with van der Waals surface area (Å²) in [7, 11) is 0. The minimum Gasteiger partial charge on any atom is -0.378 e. The van der Waals surface area contributed by atoms with Crippen molar-refractivity contribution in [2.45, 2.75) is 38.5 Å². The van der Waals surface area contributed by atoms with Gasteiger partial charge in [-0.25, -0.2) is 4.98 Å². The molecule has 0 saturated carbocycles. The molecule has 1 aliphatic heterocycles. The third-order valence-electron chi connectivity index (χ3n) is 6.80. The van der Waals surface area contributed by atoms with E-state index in [9.17, 15) is 31.1 Å². The Hall–Kier alpha value is -3.60. The molecule has 0 spiro atoms. The lowest BCUT2D eigenvalue weighted by molar-refractivity contribution is -0.143. The predicted molar refractivity (Wildman–Crippen MR) is 136 cm³/mol. The fourth-order valence-electron chi connectivity index (χ4n) is 4.51. The molecule has 3 aromatic rings. The lowest BCUT2D eigenvalue weighted by Crippen LogP contribution is -2.37. The molecule has 0 aliphatic carbocycles. The Morgan fingerprint density at radius 1 is 0.897 bits per heavy atom. The molecule has 2 aromatic carbocycles. The molecule has 0 atom stereocenters. The molecule has 208 valence electrons. The van der Waals surface area contributed by atoms with E-state index < -0.39 is 40.4 Å². The van der Waals surface area contributed by atoms with Crippen LogP contribution in [0.25, 0.3) is 11.1 Å². The van der Waals surface area contributed by atoms with Gasteiger partial charge in [-0.1, -0.05) is 30.3 Å². The summed E-state index contributed by atoms with van der Waals surface area (Å²) in [5, 5.41) is 2.69. The van der Waals surface area contributed by atoms with Crippen molar-refractivity contribution in [3.63, 3.8) is 0 Å². The van der Waals surface area contributed by atoms with Gasteiger partial charge in [0.2, 0.25) is 5.91 Å². The Morgan fingerprint density at radius 3 is 2.18 bits per heavy atom. The molecule has 0 radical (unpaired) electrons. The van der Waals surface area contributed by atoms with E-state index in [4.69, 9.17) is 4.74 Å². The Balaban J connectivity index is 1.75. The van der Waals surface area contributed by atoms with Crippen molar-refractivity contribution in [3.8, 4) is 11.1 Å². The smallest absolute Gasteiger partial charge is 0.378 e. The number of alkyl halides is 6. The van der Waals surface area contributed by atoms with Crippen LogP contribution >= 0.6 is 0 Å². The molecule has 1 fully saturated rings. The van der Waals surface area contributed by atoms with E-state index in [1.165, 1.54) is 20.0 Å². The lowest BCUT2D eigenvalue weighted by Gasteiger charge is -2.30. The quantitative estimate of drug-likeness (QED) is 0.353. The SMILES string of the molecule is Cc1ccccc1-c1cc(N2CCOCC2)ncc1NC(=O)C(C)(C)c1ccc(C(F)(F)F)cc1C(F)(F)F. The first-order valence-corrected chi connectivity index (χ1v) is 12.2. The summed E-state index contributed by atoms with van der Waals surface area (Å²) in [4.78, 5) is 20.0. The third-order valence-corrected chi connectivity index (χ3v) is 6.80. The zero-order valence-corrected chi connectivity index (χ0v) is 21.5. The predicted octanol–water partition coefficient (Wildman–Crippen LogP) is 6.85. The Morgan fingerprint density at radius 2 is 1.56 bits per heavy atom. The van der Waals surface area contributed by atoms with E-state index in [0.29, 0.717) is 49.8 Å². The summed E-state index contributed by atoms with van der Waals surface area (Å²) in [5.74, 6) is -0.181. The van der Waals surface area contributed by atoms with Crippen LogP contribution in [-0.2, 0) is 27.3 Å². The fourth-order valence-corrected chi connectivity index (χ4v) is 4.51. The first-order chi connectivity index (χ1) is 18.2. The van der Waals surface area contributed by atoms with E-state index in [1.54, 1.807) is 6.07 Å². The van der Waals surface area contributed by atoms with Crippen LogP contribution < -0.4 is 10.2 Å². The second-order valence-electron chi connectivity index (χ2n) is 9.84. The second-order valence-corrected chi connectivity index (χ2v) is 9.84. The number of anilines is 2. The van der Waals surface area contributed by atoms with Crippen LogP contribution in [0.2, 0.25) is 0 Å². The van der Waals surface area contributed by atoms with Gasteiger partial charge >= 0.3 is 12.4 Å². The van der Waals surface area contributed by atoms with E-state index in [0.717, 1.165) is 11.1 Å². The average molecular weight is 552 g/mol. The molecule has 11 heteroatoms. The first kappa shape index (κ1) is 28.4. The average Bonchev–Trinajstić information content (AvgIpc) is 2.88. The van der Waals surface area contributed by atoms with E-state index in [1.807, 2.05) is 36.1 Å². The highest BCUT2D eigenvalue weighted by molar-refractivity contribution is 6.02. The van der Waals surface area contributed by atoms with Crippen molar-refractivity contribution in [2.24, 2.45) is 0 Å². The van der Waals surface area contributed by atoms with Gasteiger partial charge in [0, 0.05) is 18.7 Å². The summed E-state index contributed by atoms with van der Waals surface area (Å²) in [6.45, 7) is 6.66. The number of rotatable bonds is 5. The van der Waals surface area contributed by atoms with Crippen LogP contribution in [0.5, 0.6) is 0 Å². The maximum atomic E-state index is 13.9. The summed E-state index contributed by atoms with van der Waals surface area (Å²) in [6, 6.07) is 10.5. The molecule has 2 heterocycles. The maximum Gasteiger partial charge on any atom is 0.416 e. The van der Waals surface area contributed by atoms with E-state index >= 15 is 0 Å². The normalized spacial score (nSPS) is 14.8. The number of carbonyl (C=O) groups excluding carboxylic acids is 1. The summed E-state index contributed by atoms with van der Waals surface area (Å²) in [6.07, 6.45) is -8.64. The van der Waals surface area contributed by atoms with Crippen LogP contribution in [0.1, 0.15) is 36.1 Å². The number of benzene rings is 2. The zero-order chi connectivity index (χ0) is 28.6. The minimum atomic E-state index is -5.11. The fraction of sp³-hybridized carbons (Fsp3) is 0.357. The Kier molecular flexibility index (Phi) is 7.66. The molecule has 0 bridgehead atoms. The molecule has 39 heavy (non-hydrogen) atoms. The third kappa shape index (κ3) is 6.03. The number of aromatic nitrogens is 1. The molecule has 0 unspecified atom stereocenters. The largest absolute Gasteiger partial charge is 0.416 e. The van der Waals surface area contributed by atoms with Gasteiger partial charge in [-0.05, 0) is 55.7 Å². The Labute approximate surface area is 221 Å². The van der Waals surface area contributed by atoms with Crippen molar-refractivity contribution < 1.29 is 35.9 Å². The molecule has 4 rings (SSSR count). The van der Waals surface area contributed by atoms with Gasteiger partial charge in [-0.15, -0.1) is 0 Å². The Bertz CT molecular complexity index is 1360. The van der Waals surface area contributed by atoms with Gasteiger partial charge in [-0.2, -0.15) is 26.3 Å². The summed E-state index contributed by atoms with van der Waals surface area (Å²) < 4.78 is 86.5. The molecule has 1 N–H and O–H groups in total. The molecular formula is C28H27F6N3O2. The monoisotopic (exact) mass is 551 g/mol. The molecule has 1 saturated heterocycles. The van der Waals surface area contributed by atoms with Gasteiger partial charge in [0.15, 0.2) is 0 Å². The number of morpholine rings is 1. The number of pyridine rings is 1. The molecule has 1 aromatic heterocycles. The number of hydrogen-bond donors (Lipinski definition) is 1. The van der Waals surface area contributed by atoms with Crippen molar-refractivity contribution in [3.05, 3.63) is 77.0 Å². The molecule has 5 nitrogen and oxygen atoms in total. The summed E-state index contributed by atoms with van der Waals surface area (Å²) in [5.41, 5.74) is -2.83. The zero-order valence-electron chi connectivity index (χ0n) is 21.5. The summed E-state index contributed by atoms with van der Waals surface area (Å²) >= 11 is 0. The molecular weight excluding hydrogens is 524 g/mol. The van der Waals surface area contributed by atoms with Crippen LogP contribution in [0.4, 0.5) is 37.8 Å². The van der Waals surface area contributed by atoms with Crippen LogP contribution in [0, 0.1) is 6.92 Å². The molecule has 1 aliphatic rings. The number of hydrogen-bond acceptors (Lipinski definition) is 4. The highest BCUT2D eigenvalue weighted by Gasteiger charge is 2.43. The molecule has 1 amide bonds. The van der Waals surface area contributed by atoms with Gasteiger partial charge in [-0.3, -0.25) is 4.79 Å². The van der Waals surface area contributed by atoms with E-state index in [2.05, 4.69) is 10.3 Å². The number of carbonyl (C=O) groups is 1. The topological polar surface area (TPSA) is 54.5 Å². The standard InChI is InChI=1S/C28H27F6N3O2/c1-17-6-4-5-7-19(17)20-15-24(37-10-12-39-13-11-37)35-16-23(20)36-25(38)26(2,3)21-9-8-18(27(29,30)31)14-22(21)28(32,33)34/h4-9,14-16H,10-13H2,1-3H3,(H,36,38). The second kappa shape index (κ2) is 10.5. The van der Waals surface area contributed by atoms with Gasteiger partial charge in [0.05, 0.1) is 41.6 Å². The minimum absolute atomic E-state index is 0.0435. The number of halogens is 6. The van der Waals surface area contributed by atoms with Crippen LogP contribution in [-0.4, -0.2) is 37.2 Å². The van der Waals surface area contributed by atoms with Crippen LogP contribution in [0.3, 0.4) is 0 Å². The van der Waals surface area contributed by atoms with Gasteiger partial charge in [0.25, 0.3) is 0 Å². The van der Waals surface area contributed by atoms with E-state index in [-0.39, 0.29) is 11.8 Å². The van der Waals surface area contributed by atoms with Crippen molar-refractivity contribution in [1.29, 1.82) is 0 Å². The van der Waals surface area contributed by atoms with Gasteiger partial charge < -0.3 is 15.0 Å². The number of nitrogens with one attached hydrogen (secondary N) is 1. The van der Waals surface area contributed by atoms with Crippen molar-refractivity contribution in [2.75, 3.05) is 36.5 Å². The number of aryl methyl sites for hydroxylation is 1. The van der Waals surface area contributed by atoms with Crippen molar-refractivity contribution >= 4 is 17.4 Å². The number of amides is 1. The highest BCUT2D eigenvalue weighted by Crippen LogP contribution is 2.42. The first-order valence-electron chi connectivity index (χ1n) is 12.2. The maximum absolute atomic E-state index is 13.9. The lowest BCUT2D eigenvalue weighted by atomic mass is 9.80.